The summed E-state index contributed by atoms with van der Waals surface area (Å²) in [6.45, 7) is -7.71. The second-order valence-corrected chi connectivity index (χ2v) is 8.55. The molecular formula is C19H20Br2N6O4S. The zero-order valence-electron chi connectivity index (χ0n) is 26.7. The summed E-state index contributed by atoms with van der Waals surface area (Å²) in [6, 6.07) is -2.41. The minimum Gasteiger partial charge on any atom is -0.473 e. The summed E-state index contributed by atoms with van der Waals surface area (Å²) in [6.07, 6.45) is -0.0219. The van der Waals surface area contributed by atoms with Crippen LogP contribution in [0.2, 0.25) is 0 Å². The number of rotatable bonds is 11. The third-order valence-electron chi connectivity index (χ3n) is 3.29. The van der Waals surface area contributed by atoms with E-state index in [-0.39, 0.29) is 23.7 Å². The zero-order valence-corrected chi connectivity index (χ0v) is 19.7. The normalized spacial score (nSPS) is 17.5. The fourth-order valence-corrected chi connectivity index (χ4v) is 3.14. The molecule has 2 heterocycles. The Bertz CT molecular complexity index is 1590. The van der Waals surface area contributed by atoms with Gasteiger partial charge in [-0.05, 0) is 40.0 Å². The van der Waals surface area contributed by atoms with Gasteiger partial charge in [-0.1, -0.05) is 34.9 Å². The van der Waals surface area contributed by atoms with Gasteiger partial charge in [0, 0.05) is 33.0 Å². The van der Waals surface area contributed by atoms with Crippen LogP contribution in [0.25, 0.3) is 11.1 Å². The number of anilines is 1. The number of aromatic nitrogens is 4. The van der Waals surface area contributed by atoms with Gasteiger partial charge in [0.15, 0.2) is 5.82 Å². The zero-order chi connectivity index (χ0) is 32.5. The minimum atomic E-state index is -5.18. The van der Waals surface area contributed by atoms with Gasteiger partial charge < -0.3 is 9.47 Å². The van der Waals surface area contributed by atoms with Crippen molar-refractivity contribution in [3.63, 3.8) is 0 Å². The highest BCUT2D eigenvalue weighted by Gasteiger charge is 2.19. The van der Waals surface area contributed by atoms with Gasteiger partial charge in [0.2, 0.25) is 5.88 Å². The van der Waals surface area contributed by atoms with Crippen LogP contribution in [0, 0.1) is 0 Å². The lowest BCUT2D eigenvalue weighted by Gasteiger charge is -2.15. The Balaban J connectivity index is 2.06. The molecule has 3 aromatic rings. The number of benzene rings is 1. The van der Waals surface area contributed by atoms with Gasteiger partial charge in [-0.2, -0.15) is 13.1 Å². The van der Waals surface area contributed by atoms with Crippen LogP contribution in [-0.2, 0) is 10.2 Å². The molecule has 0 bridgehead atoms. The van der Waals surface area contributed by atoms with E-state index in [0.29, 0.717) is 4.47 Å². The standard InChI is InChI=1S/C19H20Br2N6O4S/c1-2-7-26-32(28,29)27-17-16(13-3-5-14(20)6-4-13)18(25-12-24-17)30-8-9-31-19-22-10-15(21)11-23-19/h3-6,10-12,26H,2,7-9H2,1H3,(H,24,25,27)/i1D3,2D2,3D,4D,5D,6D,7D2. The van der Waals surface area contributed by atoms with Crippen molar-refractivity contribution in [3.05, 3.63) is 51.8 Å². The summed E-state index contributed by atoms with van der Waals surface area (Å²) >= 11 is 6.14. The highest BCUT2D eigenvalue weighted by molar-refractivity contribution is 9.10. The lowest BCUT2D eigenvalue weighted by Crippen LogP contribution is -2.31. The molecule has 0 atom stereocenters. The molecule has 2 aromatic heterocycles. The molecule has 0 aliphatic heterocycles. The maximum Gasteiger partial charge on any atom is 0.316 e. The van der Waals surface area contributed by atoms with Crippen molar-refractivity contribution in [2.24, 2.45) is 0 Å². The summed E-state index contributed by atoms with van der Waals surface area (Å²) in [4.78, 5) is 15.5. The molecule has 0 aliphatic rings. The molecule has 3 rings (SSSR count). The number of ether oxygens (including phenoxy) is 2. The van der Waals surface area contributed by atoms with Crippen molar-refractivity contribution in [2.45, 2.75) is 13.2 Å². The number of halogens is 2. The summed E-state index contributed by atoms with van der Waals surface area (Å²) in [5.41, 5.74) is -1.01. The van der Waals surface area contributed by atoms with Gasteiger partial charge in [0.1, 0.15) is 19.5 Å². The Morgan fingerprint density at radius 1 is 1.06 bits per heavy atom. The van der Waals surface area contributed by atoms with E-state index < -0.39 is 76.9 Å². The lowest BCUT2D eigenvalue weighted by molar-refractivity contribution is 0.202. The fourth-order valence-electron chi connectivity index (χ4n) is 2.10. The van der Waals surface area contributed by atoms with E-state index in [4.69, 9.17) is 24.6 Å². The average molecular weight is 599 g/mol. The van der Waals surface area contributed by atoms with Crippen LogP contribution >= 0.6 is 31.9 Å². The molecular weight excluding hydrogens is 568 g/mol. The summed E-state index contributed by atoms with van der Waals surface area (Å²) in [5, 5.41) is 0. The molecule has 0 unspecified atom stereocenters. The first-order chi connectivity index (χ1) is 19.7. The van der Waals surface area contributed by atoms with Crippen LogP contribution in [0.3, 0.4) is 0 Å². The quantitative estimate of drug-likeness (QED) is 0.321. The number of hydrogen-bond acceptors (Lipinski definition) is 8. The molecule has 0 saturated carbocycles. The smallest absolute Gasteiger partial charge is 0.316 e. The maximum atomic E-state index is 13.0. The van der Waals surface area contributed by atoms with Crippen LogP contribution in [-0.4, -0.2) is 48.1 Å². The number of nitrogens with zero attached hydrogens (tertiary/aromatic N) is 4. The molecule has 10 nitrogen and oxygen atoms in total. The summed E-state index contributed by atoms with van der Waals surface area (Å²) in [7, 11) is -5.18. The molecule has 0 amide bonds. The topological polar surface area (TPSA) is 128 Å². The van der Waals surface area contributed by atoms with Gasteiger partial charge in [-0.15, -0.1) is 0 Å². The van der Waals surface area contributed by atoms with Crippen molar-refractivity contribution in [3.8, 4) is 23.0 Å². The van der Waals surface area contributed by atoms with Crippen LogP contribution in [0.15, 0.2) is 51.8 Å². The Labute approximate surface area is 218 Å². The third-order valence-corrected chi connectivity index (χ3v) is 4.92. The van der Waals surface area contributed by atoms with E-state index in [1.807, 2.05) is 4.72 Å². The SMILES string of the molecule is [2H]c1c([2H])c(-c2c(NS(=O)(=O)NC([2H])([2H])C([2H])([2H])C([2H])([2H])[2H])ncnc2OCCOc2ncc(Br)cn2)c([2H])c([2H])c1Br. The minimum absolute atomic E-state index is 0.00656. The van der Waals surface area contributed by atoms with Crippen molar-refractivity contribution < 1.29 is 33.0 Å². The highest BCUT2D eigenvalue weighted by Crippen LogP contribution is 2.34. The lowest BCUT2D eigenvalue weighted by atomic mass is 10.1. The largest absolute Gasteiger partial charge is 0.473 e. The maximum absolute atomic E-state index is 13.0. The molecule has 13 heteroatoms. The summed E-state index contributed by atoms with van der Waals surface area (Å²) in [5.74, 6) is -1.18. The molecule has 0 fully saturated rings. The molecule has 0 radical (unpaired) electrons. The summed E-state index contributed by atoms with van der Waals surface area (Å²) < 4.78 is 126. The van der Waals surface area contributed by atoms with Gasteiger partial charge >= 0.3 is 6.01 Å². The van der Waals surface area contributed by atoms with E-state index in [2.05, 4.69) is 51.8 Å². The first kappa shape index (κ1) is 13.4. The molecule has 32 heavy (non-hydrogen) atoms. The Morgan fingerprint density at radius 3 is 2.50 bits per heavy atom. The van der Waals surface area contributed by atoms with Gasteiger partial charge in [-0.25, -0.2) is 19.9 Å². The van der Waals surface area contributed by atoms with Crippen LogP contribution in [0.1, 0.15) is 28.3 Å². The molecule has 0 saturated heterocycles. The molecule has 1 aromatic carbocycles. The van der Waals surface area contributed by atoms with Gasteiger partial charge in [0.05, 0.1) is 15.5 Å². The van der Waals surface area contributed by atoms with Crippen molar-refractivity contribution in [2.75, 3.05) is 24.4 Å². The van der Waals surface area contributed by atoms with Gasteiger partial charge in [-0.3, -0.25) is 4.72 Å². The van der Waals surface area contributed by atoms with E-state index in [0.717, 1.165) is 6.33 Å². The second-order valence-electron chi connectivity index (χ2n) is 5.43. The Morgan fingerprint density at radius 2 is 1.78 bits per heavy atom. The fraction of sp³-hybridized carbons (Fsp3) is 0.263. The first-order valence-electron chi connectivity index (χ1n) is 13.9. The predicted octanol–water partition coefficient (Wildman–Crippen LogP) is 3.57. The molecule has 0 aliphatic carbocycles. The van der Waals surface area contributed by atoms with E-state index in [1.54, 1.807) is 0 Å². The number of hydrogen-bond donors (Lipinski definition) is 2. The Hall–Kier alpha value is -2.35. The van der Waals surface area contributed by atoms with E-state index >= 15 is 0 Å². The van der Waals surface area contributed by atoms with Crippen molar-refractivity contribution in [1.82, 2.24) is 24.7 Å². The average Bonchev–Trinajstić information content (AvgIpc) is 2.89. The van der Waals surface area contributed by atoms with E-state index in [1.165, 1.54) is 17.1 Å². The monoisotopic (exact) mass is 597 g/mol. The molecule has 2 N–H and O–H groups in total. The van der Waals surface area contributed by atoms with Crippen molar-refractivity contribution >= 4 is 47.9 Å². The Kier molecular flexibility index (Phi) is 4.81. The van der Waals surface area contributed by atoms with Gasteiger partial charge in [0.25, 0.3) is 10.2 Å². The number of nitrogens with one attached hydrogen (secondary N) is 2. The first-order valence-corrected chi connectivity index (χ1v) is 11.4. The van der Waals surface area contributed by atoms with Crippen LogP contribution < -0.4 is 18.9 Å². The molecule has 0 spiro atoms. The van der Waals surface area contributed by atoms with Crippen LogP contribution in [0.5, 0.6) is 11.9 Å². The second kappa shape index (κ2) is 11.5. The molecule has 170 valence electrons. The highest BCUT2D eigenvalue weighted by atomic mass is 79.9. The van der Waals surface area contributed by atoms with E-state index in [9.17, 15) is 8.42 Å². The predicted molar refractivity (Wildman–Crippen MR) is 127 cm³/mol. The van der Waals surface area contributed by atoms with Crippen LogP contribution in [0.4, 0.5) is 5.82 Å². The van der Waals surface area contributed by atoms with Crippen molar-refractivity contribution in [1.29, 1.82) is 0 Å². The third kappa shape index (κ3) is 7.08.